The molecule has 0 saturated heterocycles. The first-order valence-electron chi connectivity index (χ1n) is 7.87. The van der Waals surface area contributed by atoms with Crippen LogP contribution in [-0.2, 0) is 0 Å². The molecule has 3 aromatic rings. The number of fused-ring (bicyclic) bond motifs is 1. The van der Waals surface area contributed by atoms with Gasteiger partial charge in [-0.05, 0) is 30.3 Å². The lowest BCUT2D eigenvalue weighted by Crippen LogP contribution is -2.15. The van der Waals surface area contributed by atoms with Crippen molar-refractivity contribution in [2.75, 3.05) is 23.8 Å². The average molecular weight is 389 g/mol. The van der Waals surface area contributed by atoms with E-state index in [-0.39, 0.29) is 0 Å². The van der Waals surface area contributed by atoms with Crippen molar-refractivity contribution in [2.45, 2.75) is 0 Å². The summed E-state index contributed by atoms with van der Waals surface area (Å²) in [6.45, 7) is 1.11. The number of nitrogens with zero attached hydrogens (tertiary/aromatic N) is 2. The molecule has 1 aromatic heterocycles. The van der Waals surface area contributed by atoms with Crippen LogP contribution in [0.2, 0.25) is 10.0 Å². The van der Waals surface area contributed by atoms with E-state index in [1.54, 1.807) is 24.3 Å². The van der Waals surface area contributed by atoms with Gasteiger partial charge >= 0.3 is 0 Å². The summed E-state index contributed by atoms with van der Waals surface area (Å²) in [5, 5.41) is 7.47. The van der Waals surface area contributed by atoms with E-state index >= 15 is 0 Å². The van der Waals surface area contributed by atoms with Gasteiger partial charge in [0.25, 0.3) is 0 Å². The molecule has 0 bridgehead atoms. The van der Waals surface area contributed by atoms with Crippen LogP contribution in [0.1, 0.15) is 0 Å². The second kappa shape index (κ2) is 7.27. The maximum absolute atomic E-state index is 6.02. The maximum atomic E-state index is 6.02. The molecule has 0 aliphatic carbocycles. The number of nitrogens with one attached hydrogen (secondary N) is 2. The standard InChI is InChI=1S/C18H14Cl2N4O2/c19-11-5-12(20)7-14(6-11)24-18-9-17(21-10-22-18)23-13-1-2-15-16(8-13)26-4-3-25-15/h1-2,5-10H,3-4H2,(H2,21,22,23,24). The zero-order valence-electron chi connectivity index (χ0n) is 13.5. The Hall–Kier alpha value is -2.70. The Labute approximate surface area is 160 Å². The third-order valence-electron chi connectivity index (χ3n) is 3.62. The lowest BCUT2D eigenvalue weighted by Gasteiger charge is -2.19. The lowest BCUT2D eigenvalue weighted by molar-refractivity contribution is 0.171. The highest BCUT2D eigenvalue weighted by molar-refractivity contribution is 6.35. The summed E-state index contributed by atoms with van der Waals surface area (Å²) < 4.78 is 11.1. The van der Waals surface area contributed by atoms with Gasteiger partial charge in [-0.25, -0.2) is 9.97 Å². The van der Waals surface area contributed by atoms with Crippen LogP contribution in [0.5, 0.6) is 11.5 Å². The fraction of sp³-hybridized carbons (Fsp3) is 0.111. The minimum absolute atomic E-state index is 0.542. The topological polar surface area (TPSA) is 68.3 Å². The molecule has 132 valence electrons. The van der Waals surface area contributed by atoms with Crippen molar-refractivity contribution >= 4 is 46.2 Å². The first kappa shape index (κ1) is 16.8. The first-order chi connectivity index (χ1) is 12.7. The van der Waals surface area contributed by atoms with Crippen molar-refractivity contribution in [3.05, 3.63) is 58.8 Å². The predicted octanol–water partition coefficient (Wildman–Crippen LogP) is 5.04. The van der Waals surface area contributed by atoms with Crippen molar-refractivity contribution in [1.82, 2.24) is 9.97 Å². The van der Waals surface area contributed by atoms with Gasteiger partial charge in [0.1, 0.15) is 31.2 Å². The third-order valence-corrected chi connectivity index (χ3v) is 4.05. The zero-order valence-corrected chi connectivity index (χ0v) is 15.0. The van der Waals surface area contributed by atoms with Gasteiger partial charge in [-0.2, -0.15) is 0 Å². The fourth-order valence-corrected chi connectivity index (χ4v) is 3.06. The number of aromatic nitrogens is 2. The molecular formula is C18H14Cl2N4O2. The van der Waals surface area contributed by atoms with Crippen LogP contribution in [0.25, 0.3) is 0 Å². The summed E-state index contributed by atoms with van der Waals surface area (Å²) in [4.78, 5) is 8.45. The molecule has 0 saturated carbocycles. The van der Waals surface area contributed by atoms with Crippen molar-refractivity contribution in [1.29, 1.82) is 0 Å². The van der Waals surface area contributed by atoms with Crippen molar-refractivity contribution in [3.8, 4) is 11.5 Å². The molecule has 4 rings (SSSR count). The Morgan fingerprint density at radius 3 is 2.12 bits per heavy atom. The van der Waals surface area contributed by atoms with Gasteiger partial charge in [-0.15, -0.1) is 0 Å². The molecular weight excluding hydrogens is 375 g/mol. The largest absolute Gasteiger partial charge is 0.486 e. The van der Waals surface area contributed by atoms with E-state index in [4.69, 9.17) is 32.7 Å². The Balaban J connectivity index is 1.52. The smallest absolute Gasteiger partial charge is 0.163 e. The summed E-state index contributed by atoms with van der Waals surface area (Å²) >= 11 is 12.0. The number of ether oxygens (including phenoxy) is 2. The van der Waals surface area contributed by atoms with Crippen molar-refractivity contribution < 1.29 is 9.47 Å². The van der Waals surface area contributed by atoms with Crippen LogP contribution in [-0.4, -0.2) is 23.2 Å². The Morgan fingerprint density at radius 1 is 0.731 bits per heavy atom. The number of benzene rings is 2. The third kappa shape index (κ3) is 3.92. The highest BCUT2D eigenvalue weighted by atomic mass is 35.5. The van der Waals surface area contributed by atoms with E-state index in [1.807, 2.05) is 18.2 Å². The van der Waals surface area contributed by atoms with Crippen molar-refractivity contribution in [3.63, 3.8) is 0 Å². The van der Waals surface area contributed by atoms with Crippen LogP contribution in [0.3, 0.4) is 0 Å². The van der Waals surface area contributed by atoms with Crippen molar-refractivity contribution in [2.24, 2.45) is 0 Å². The number of halogens is 2. The average Bonchev–Trinajstić information content (AvgIpc) is 2.61. The summed E-state index contributed by atoms with van der Waals surface area (Å²) in [6, 6.07) is 12.6. The lowest BCUT2D eigenvalue weighted by atomic mass is 10.2. The van der Waals surface area contributed by atoms with Crippen LogP contribution in [0, 0.1) is 0 Å². The van der Waals surface area contributed by atoms with E-state index in [9.17, 15) is 0 Å². The molecule has 0 fully saturated rings. The highest BCUT2D eigenvalue weighted by Gasteiger charge is 2.12. The number of anilines is 4. The number of hydrogen-bond donors (Lipinski definition) is 2. The Bertz CT molecular complexity index is 932. The second-order valence-electron chi connectivity index (χ2n) is 5.56. The molecule has 1 aliphatic rings. The molecule has 1 aliphatic heterocycles. The quantitative estimate of drug-likeness (QED) is 0.652. The van der Waals surface area contributed by atoms with Gasteiger partial charge < -0.3 is 20.1 Å². The highest BCUT2D eigenvalue weighted by Crippen LogP contribution is 2.33. The van der Waals surface area contributed by atoms with Crippen LogP contribution in [0.15, 0.2) is 48.8 Å². The van der Waals surface area contributed by atoms with Gasteiger partial charge in [0.05, 0.1) is 0 Å². The van der Waals surface area contributed by atoms with Gasteiger partial charge in [0.2, 0.25) is 0 Å². The zero-order chi connectivity index (χ0) is 17.9. The molecule has 0 atom stereocenters. The second-order valence-corrected chi connectivity index (χ2v) is 6.43. The predicted molar refractivity (Wildman–Crippen MR) is 102 cm³/mol. The van der Waals surface area contributed by atoms with Gasteiger partial charge in [-0.1, -0.05) is 23.2 Å². The fourth-order valence-electron chi connectivity index (χ4n) is 2.54. The SMILES string of the molecule is Clc1cc(Cl)cc(Nc2cc(Nc3ccc4c(c3)OCCO4)ncn2)c1. The molecule has 2 aromatic carbocycles. The molecule has 8 heteroatoms. The molecule has 0 radical (unpaired) electrons. The van der Waals surface area contributed by atoms with Crippen LogP contribution < -0.4 is 20.1 Å². The molecule has 2 N–H and O–H groups in total. The summed E-state index contributed by atoms with van der Waals surface area (Å²) in [6.07, 6.45) is 1.47. The monoisotopic (exact) mass is 388 g/mol. The summed E-state index contributed by atoms with van der Waals surface area (Å²) in [5.74, 6) is 2.69. The van der Waals surface area contributed by atoms with Gasteiger partial charge in [0.15, 0.2) is 11.5 Å². The first-order valence-corrected chi connectivity index (χ1v) is 8.63. The van der Waals surface area contributed by atoms with Gasteiger partial charge in [0, 0.05) is 33.6 Å². The van der Waals surface area contributed by atoms with E-state index in [0.29, 0.717) is 40.6 Å². The Kier molecular flexibility index (Phi) is 4.69. The maximum Gasteiger partial charge on any atom is 0.163 e. The molecule has 2 heterocycles. The van der Waals surface area contributed by atoms with Crippen LogP contribution in [0.4, 0.5) is 23.0 Å². The molecule has 6 nitrogen and oxygen atoms in total. The van der Waals surface area contributed by atoms with Gasteiger partial charge in [-0.3, -0.25) is 0 Å². The van der Waals surface area contributed by atoms with E-state index in [1.165, 1.54) is 6.33 Å². The molecule has 0 amide bonds. The van der Waals surface area contributed by atoms with E-state index in [0.717, 1.165) is 17.1 Å². The Morgan fingerprint density at radius 2 is 1.38 bits per heavy atom. The normalized spacial score (nSPS) is 12.5. The minimum Gasteiger partial charge on any atom is -0.486 e. The number of rotatable bonds is 4. The van der Waals surface area contributed by atoms with E-state index in [2.05, 4.69) is 20.6 Å². The summed E-state index contributed by atoms with van der Waals surface area (Å²) in [5.41, 5.74) is 1.58. The molecule has 0 unspecified atom stereocenters. The van der Waals surface area contributed by atoms with E-state index < -0.39 is 0 Å². The number of hydrogen-bond acceptors (Lipinski definition) is 6. The summed E-state index contributed by atoms with van der Waals surface area (Å²) in [7, 11) is 0. The molecule has 26 heavy (non-hydrogen) atoms. The molecule has 0 spiro atoms. The van der Waals surface area contributed by atoms with Crippen LogP contribution >= 0.6 is 23.2 Å². The minimum atomic E-state index is 0.542.